The summed E-state index contributed by atoms with van der Waals surface area (Å²) in [6.07, 6.45) is 0.998. The summed E-state index contributed by atoms with van der Waals surface area (Å²) >= 11 is 0. The number of ether oxygens (including phenoxy) is 2. The fraction of sp³-hybridized carbons (Fsp3) is 0.400. The Labute approximate surface area is 144 Å². The normalized spacial score (nSPS) is 17.4. The molecule has 0 spiro atoms. The quantitative estimate of drug-likeness (QED) is 0.917. The topological polar surface area (TPSA) is 47.7 Å². The summed E-state index contributed by atoms with van der Waals surface area (Å²) in [6, 6.07) is 13.1. The molecular weight excluding hydrogens is 300 g/mol. The second kappa shape index (κ2) is 7.24. The Morgan fingerprint density at radius 2 is 1.88 bits per heavy atom. The predicted octanol–water partition coefficient (Wildman–Crippen LogP) is 3.07. The number of benzene rings is 2. The van der Waals surface area contributed by atoms with Crippen LogP contribution < -0.4 is 15.2 Å². The minimum absolute atomic E-state index is 0.203. The molecule has 0 amide bonds. The molecule has 0 saturated heterocycles. The molecule has 128 valence electrons. The maximum Gasteiger partial charge on any atom is 0.161 e. The van der Waals surface area contributed by atoms with Crippen LogP contribution in [0.15, 0.2) is 36.4 Å². The number of nitrogens with zero attached hydrogens (tertiary/aromatic N) is 1. The summed E-state index contributed by atoms with van der Waals surface area (Å²) in [5.41, 5.74) is 11.3. The molecule has 1 aliphatic rings. The average Bonchev–Trinajstić information content (AvgIpc) is 2.60. The zero-order valence-electron chi connectivity index (χ0n) is 14.7. The van der Waals surface area contributed by atoms with E-state index in [0.717, 1.165) is 31.0 Å². The second-order valence-corrected chi connectivity index (χ2v) is 6.37. The molecule has 24 heavy (non-hydrogen) atoms. The Morgan fingerprint density at radius 1 is 1.12 bits per heavy atom. The zero-order chi connectivity index (χ0) is 17.1. The average molecular weight is 326 g/mol. The number of nitrogens with two attached hydrogens (primary N) is 1. The molecular formula is C20H26N2O2. The molecule has 0 aromatic heterocycles. The van der Waals surface area contributed by atoms with E-state index in [2.05, 4.69) is 48.2 Å². The van der Waals surface area contributed by atoms with Gasteiger partial charge < -0.3 is 15.2 Å². The lowest BCUT2D eigenvalue weighted by Crippen LogP contribution is -2.38. The summed E-state index contributed by atoms with van der Waals surface area (Å²) in [5, 5.41) is 0. The van der Waals surface area contributed by atoms with Gasteiger partial charge in [-0.15, -0.1) is 0 Å². The smallest absolute Gasteiger partial charge is 0.161 e. The van der Waals surface area contributed by atoms with Gasteiger partial charge in [-0.1, -0.05) is 29.8 Å². The zero-order valence-corrected chi connectivity index (χ0v) is 14.7. The van der Waals surface area contributed by atoms with Gasteiger partial charge in [-0.3, -0.25) is 4.90 Å². The van der Waals surface area contributed by atoms with Crippen LogP contribution in [0.4, 0.5) is 0 Å². The fourth-order valence-electron chi connectivity index (χ4n) is 3.59. The van der Waals surface area contributed by atoms with Crippen molar-refractivity contribution in [2.45, 2.75) is 25.9 Å². The lowest BCUT2D eigenvalue weighted by molar-refractivity contribution is 0.180. The van der Waals surface area contributed by atoms with Crippen molar-refractivity contribution in [3.05, 3.63) is 58.7 Å². The first kappa shape index (κ1) is 16.8. The molecule has 0 unspecified atom stereocenters. The monoisotopic (exact) mass is 326 g/mol. The molecule has 3 rings (SSSR count). The summed E-state index contributed by atoms with van der Waals surface area (Å²) in [5.74, 6) is 1.56. The van der Waals surface area contributed by atoms with Crippen molar-refractivity contribution in [3.8, 4) is 11.5 Å². The van der Waals surface area contributed by atoms with Gasteiger partial charge in [-0.25, -0.2) is 0 Å². The first-order valence-electron chi connectivity index (χ1n) is 8.40. The van der Waals surface area contributed by atoms with E-state index < -0.39 is 0 Å². The molecule has 1 aliphatic heterocycles. The predicted molar refractivity (Wildman–Crippen MR) is 96.6 cm³/mol. The molecule has 1 heterocycles. The highest BCUT2D eigenvalue weighted by Crippen LogP contribution is 2.38. The first-order valence-corrected chi connectivity index (χ1v) is 8.40. The van der Waals surface area contributed by atoms with Crippen LogP contribution in [0.1, 0.15) is 28.3 Å². The van der Waals surface area contributed by atoms with Crippen molar-refractivity contribution in [3.63, 3.8) is 0 Å². The lowest BCUT2D eigenvalue weighted by atomic mass is 9.91. The number of fused-ring (bicyclic) bond motifs is 1. The lowest BCUT2D eigenvalue weighted by Gasteiger charge is -2.37. The first-order chi connectivity index (χ1) is 11.7. The SMILES string of the molecule is COc1cc2c(cc1OC)[C@H](CN)N(Cc1cccc(C)c1)CC2. The maximum atomic E-state index is 6.14. The summed E-state index contributed by atoms with van der Waals surface area (Å²) in [4.78, 5) is 2.46. The van der Waals surface area contributed by atoms with Gasteiger partial charge in [0.15, 0.2) is 11.5 Å². The number of hydrogen-bond acceptors (Lipinski definition) is 4. The van der Waals surface area contributed by atoms with Gasteiger partial charge in [0.2, 0.25) is 0 Å². The largest absolute Gasteiger partial charge is 0.493 e. The highest BCUT2D eigenvalue weighted by Gasteiger charge is 2.28. The summed E-state index contributed by atoms with van der Waals surface area (Å²) in [7, 11) is 3.35. The van der Waals surface area contributed by atoms with E-state index >= 15 is 0 Å². The number of hydrogen-bond donors (Lipinski definition) is 1. The van der Waals surface area contributed by atoms with Crippen molar-refractivity contribution in [1.29, 1.82) is 0 Å². The van der Waals surface area contributed by atoms with Crippen LogP contribution in [-0.2, 0) is 13.0 Å². The third-order valence-corrected chi connectivity index (χ3v) is 4.80. The second-order valence-electron chi connectivity index (χ2n) is 6.37. The van der Waals surface area contributed by atoms with Crippen molar-refractivity contribution in [2.75, 3.05) is 27.3 Å². The Morgan fingerprint density at radius 3 is 2.54 bits per heavy atom. The fourth-order valence-corrected chi connectivity index (χ4v) is 3.59. The number of methoxy groups -OCH3 is 2. The molecule has 1 atom stereocenters. The molecule has 0 radical (unpaired) electrons. The minimum atomic E-state index is 0.203. The highest BCUT2D eigenvalue weighted by atomic mass is 16.5. The van der Waals surface area contributed by atoms with Gasteiger partial charge in [0.1, 0.15) is 0 Å². The van der Waals surface area contributed by atoms with E-state index in [4.69, 9.17) is 15.2 Å². The molecule has 2 aromatic rings. The summed E-state index contributed by atoms with van der Waals surface area (Å²) in [6.45, 7) is 4.64. The highest BCUT2D eigenvalue weighted by molar-refractivity contribution is 5.49. The molecule has 2 N–H and O–H groups in total. The van der Waals surface area contributed by atoms with E-state index in [1.54, 1.807) is 14.2 Å². The van der Waals surface area contributed by atoms with Gasteiger partial charge in [0.05, 0.1) is 14.2 Å². The molecule has 4 nitrogen and oxygen atoms in total. The number of aryl methyl sites for hydroxylation is 1. The van der Waals surface area contributed by atoms with E-state index in [1.807, 2.05) is 0 Å². The van der Waals surface area contributed by atoms with Crippen LogP contribution in [0.5, 0.6) is 11.5 Å². The van der Waals surface area contributed by atoms with E-state index in [-0.39, 0.29) is 6.04 Å². The van der Waals surface area contributed by atoms with E-state index in [9.17, 15) is 0 Å². The molecule has 0 fully saturated rings. The van der Waals surface area contributed by atoms with Gasteiger partial charge in [-0.05, 0) is 42.2 Å². The minimum Gasteiger partial charge on any atom is -0.493 e. The van der Waals surface area contributed by atoms with Gasteiger partial charge >= 0.3 is 0 Å². The maximum absolute atomic E-state index is 6.14. The van der Waals surface area contributed by atoms with Gasteiger partial charge in [0, 0.05) is 25.7 Å². The van der Waals surface area contributed by atoms with Crippen molar-refractivity contribution < 1.29 is 9.47 Å². The van der Waals surface area contributed by atoms with Crippen LogP contribution in [0.3, 0.4) is 0 Å². The molecule has 0 aliphatic carbocycles. The Bertz CT molecular complexity index is 715. The van der Waals surface area contributed by atoms with Crippen LogP contribution in [0, 0.1) is 6.92 Å². The Hall–Kier alpha value is -2.04. The van der Waals surface area contributed by atoms with Crippen LogP contribution in [0.2, 0.25) is 0 Å². The van der Waals surface area contributed by atoms with E-state index in [0.29, 0.717) is 6.54 Å². The molecule has 0 bridgehead atoms. The van der Waals surface area contributed by atoms with Crippen molar-refractivity contribution in [2.24, 2.45) is 5.73 Å². The van der Waals surface area contributed by atoms with Gasteiger partial charge in [0.25, 0.3) is 0 Å². The van der Waals surface area contributed by atoms with Crippen molar-refractivity contribution >= 4 is 0 Å². The van der Waals surface area contributed by atoms with Crippen LogP contribution in [0.25, 0.3) is 0 Å². The number of rotatable bonds is 5. The molecule has 0 saturated carbocycles. The van der Waals surface area contributed by atoms with Crippen molar-refractivity contribution in [1.82, 2.24) is 4.90 Å². The summed E-state index contributed by atoms with van der Waals surface area (Å²) < 4.78 is 10.9. The van der Waals surface area contributed by atoms with Gasteiger partial charge in [-0.2, -0.15) is 0 Å². The standard InChI is InChI=1S/C20H26N2O2/c1-14-5-4-6-15(9-14)13-22-8-7-16-10-19(23-2)20(24-3)11-17(16)18(22)12-21/h4-6,9-11,18H,7-8,12-13,21H2,1-3H3/t18-/m0/s1. The third-order valence-electron chi connectivity index (χ3n) is 4.80. The van der Waals surface area contributed by atoms with Crippen LogP contribution >= 0.6 is 0 Å². The molecule has 4 heteroatoms. The Balaban J connectivity index is 1.91. The third kappa shape index (κ3) is 3.25. The van der Waals surface area contributed by atoms with E-state index in [1.165, 1.54) is 22.3 Å². The Kier molecular flexibility index (Phi) is 5.07. The molecule has 2 aromatic carbocycles. The van der Waals surface area contributed by atoms with Crippen LogP contribution in [-0.4, -0.2) is 32.2 Å².